The molecule has 1 aromatic rings. The van der Waals surface area contributed by atoms with Crippen molar-refractivity contribution in [2.24, 2.45) is 11.7 Å². The number of hydrogen-bond donors (Lipinski definition) is 2. The molecule has 0 aromatic heterocycles. The molecule has 0 saturated carbocycles. The molecule has 3 atom stereocenters. The predicted octanol–water partition coefficient (Wildman–Crippen LogP) is 2.53. The Hall–Kier alpha value is -1.06. The summed E-state index contributed by atoms with van der Waals surface area (Å²) in [7, 11) is 1.65. The summed E-state index contributed by atoms with van der Waals surface area (Å²) in [6, 6.07) is 7.80. The van der Waals surface area contributed by atoms with E-state index in [9.17, 15) is 5.11 Å². The Bertz CT molecular complexity index is 354. The third-order valence-electron chi connectivity index (χ3n) is 3.52. The van der Waals surface area contributed by atoms with Crippen molar-refractivity contribution in [1.29, 1.82) is 0 Å². The van der Waals surface area contributed by atoms with Crippen LogP contribution < -0.4 is 10.5 Å². The molecule has 0 amide bonds. The molecule has 0 aliphatic heterocycles. The summed E-state index contributed by atoms with van der Waals surface area (Å²) in [5, 5.41) is 10.4. The highest BCUT2D eigenvalue weighted by atomic mass is 16.5. The third kappa shape index (κ3) is 3.72. The Morgan fingerprint density at radius 2 is 2.11 bits per heavy atom. The van der Waals surface area contributed by atoms with Gasteiger partial charge in [0.2, 0.25) is 0 Å². The summed E-state index contributed by atoms with van der Waals surface area (Å²) in [6.07, 6.45) is 1.69. The monoisotopic (exact) mass is 251 g/mol. The van der Waals surface area contributed by atoms with Gasteiger partial charge in [-0.1, -0.05) is 32.4 Å². The minimum atomic E-state index is -0.401. The first-order valence-corrected chi connectivity index (χ1v) is 6.66. The van der Waals surface area contributed by atoms with E-state index >= 15 is 0 Å². The average molecular weight is 251 g/mol. The molecule has 0 saturated heterocycles. The van der Waals surface area contributed by atoms with Crippen LogP contribution in [-0.2, 0) is 0 Å². The molecular formula is C15H25NO2. The number of nitrogens with two attached hydrogens (primary N) is 1. The van der Waals surface area contributed by atoms with Crippen LogP contribution in [0.2, 0.25) is 0 Å². The van der Waals surface area contributed by atoms with Crippen molar-refractivity contribution in [3.05, 3.63) is 29.8 Å². The molecule has 0 radical (unpaired) electrons. The van der Waals surface area contributed by atoms with Crippen LogP contribution in [0, 0.1) is 5.92 Å². The number of methoxy groups -OCH3 is 1. The number of benzene rings is 1. The molecule has 0 bridgehead atoms. The van der Waals surface area contributed by atoms with Gasteiger partial charge in [-0.25, -0.2) is 0 Å². The van der Waals surface area contributed by atoms with Crippen molar-refractivity contribution in [1.82, 2.24) is 0 Å². The van der Waals surface area contributed by atoms with Crippen LogP contribution >= 0.6 is 0 Å². The highest BCUT2D eigenvalue weighted by molar-refractivity contribution is 5.31. The van der Waals surface area contributed by atoms with Gasteiger partial charge in [0.25, 0.3) is 0 Å². The van der Waals surface area contributed by atoms with Gasteiger partial charge in [0, 0.05) is 12.5 Å². The maximum Gasteiger partial charge on any atom is 0.119 e. The lowest BCUT2D eigenvalue weighted by molar-refractivity contribution is 0.0858. The number of ether oxygens (including phenoxy) is 1. The lowest BCUT2D eigenvalue weighted by Gasteiger charge is -2.27. The van der Waals surface area contributed by atoms with E-state index in [2.05, 4.69) is 13.8 Å². The van der Waals surface area contributed by atoms with Crippen LogP contribution in [0.3, 0.4) is 0 Å². The molecule has 1 aromatic carbocycles. The van der Waals surface area contributed by atoms with E-state index < -0.39 is 6.10 Å². The number of aliphatic hydroxyl groups is 1. The lowest BCUT2D eigenvalue weighted by Crippen LogP contribution is -2.31. The Morgan fingerprint density at radius 1 is 1.39 bits per heavy atom. The number of hydrogen-bond acceptors (Lipinski definition) is 3. The van der Waals surface area contributed by atoms with Gasteiger partial charge in [-0.15, -0.1) is 0 Å². The van der Waals surface area contributed by atoms with Crippen molar-refractivity contribution in [3.63, 3.8) is 0 Å². The van der Waals surface area contributed by atoms with Gasteiger partial charge in [0.15, 0.2) is 0 Å². The van der Waals surface area contributed by atoms with Crippen molar-refractivity contribution in [2.45, 2.75) is 38.7 Å². The van der Waals surface area contributed by atoms with E-state index in [1.54, 1.807) is 7.11 Å². The highest BCUT2D eigenvalue weighted by Crippen LogP contribution is 2.28. The van der Waals surface area contributed by atoms with Crippen LogP contribution in [0.1, 0.15) is 38.2 Å². The van der Waals surface area contributed by atoms with Crippen molar-refractivity contribution < 1.29 is 9.84 Å². The van der Waals surface area contributed by atoms with Crippen LogP contribution in [0.15, 0.2) is 24.3 Å². The standard InChI is InChI=1S/C15H25NO2/c1-4-6-11(2)15(17)14(10-16)12-7-5-8-13(9-12)18-3/h5,7-9,11,14-15,17H,4,6,10,16H2,1-3H3. The Labute approximate surface area is 110 Å². The quantitative estimate of drug-likeness (QED) is 0.783. The third-order valence-corrected chi connectivity index (χ3v) is 3.52. The SMILES string of the molecule is CCCC(C)C(O)C(CN)c1cccc(OC)c1. The molecule has 102 valence electrons. The average Bonchev–Trinajstić information content (AvgIpc) is 2.40. The summed E-state index contributed by atoms with van der Waals surface area (Å²) in [6.45, 7) is 4.66. The predicted molar refractivity (Wildman–Crippen MR) is 74.9 cm³/mol. The van der Waals surface area contributed by atoms with Gasteiger partial charge >= 0.3 is 0 Å². The van der Waals surface area contributed by atoms with Crippen molar-refractivity contribution in [2.75, 3.05) is 13.7 Å². The van der Waals surface area contributed by atoms with Gasteiger partial charge in [-0.3, -0.25) is 0 Å². The van der Waals surface area contributed by atoms with E-state index in [1.165, 1.54) is 0 Å². The smallest absolute Gasteiger partial charge is 0.119 e. The van der Waals surface area contributed by atoms with Gasteiger partial charge in [-0.2, -0.15) is 0 Å². The second-order valence-corrected chi connectivity index (χ2v) is 4.88. The lowest BCUT2D eigenvalue weighted by atomic mass is 9.84. The highest BCUT2D eigenvalue weighted by Gasteiger charge is 2.24. The molecule has 0 fully saturated rings. The molecule has 3 nitrogen and oxygen atoms in total. The van der Waals surface area contributed by atoms with E-state index in [0.29, 0.717) is 6.54 Å². The molecule has 0 aliphatic rings. The summed E-state index contributed by atoms with van der Waals surface area (Å²) in [5.41, 5.74) is 6.88. The molecular weight excluding hydrogens is 226 g/mol. The van der Waals surface area contributed by atoms with E-state index in [1.807, 2.05) is 24.3 Å². The van der Waals surface area contributed by atoms with E-state index in [4.69, 9.17) is 10.5 Å². The van der Waals surface area contributed by atoms with Crippen molar-refractivity contribution >= 4 is 0 Å². The molecule has 1 rings (SSSR count). The zero-order valence-electron chi connectivity index (χ0n) is 11.6. The summed E-state index contributed by atoms with van der Waals surface area (Å²) in [5.74, 6) is 1.04. The fourth-order valence-corrected chi connectivity index (χ4v) is 2.37. The zero-order chi connectivity index (χ0) is 13.5. The maximum atomic E-state index is 10.4. The largest absolute Gasteiger partial charge is 0.497 e. The topological polar surface area (TPSA) is 55.5 Å². The fraction of sp³-hybridized carbons (Fsp3) is 0.600. The van der Waals surface area contributed by atoms with E-state index in [0.717, 1.165) is 24.2 Å². The van der Waals surface area contributed by atoms with Crippen molar-refractivity contribution in [3.8, 4) is 5.75 Å². The molecule has 3 unspecified atom stereocenters. The van der Waals surface area contributed by atoms with Gasteiger partial charge in [-0.05, 0) is 30.0 Å². The Kier molecular flexibility index (Phi) is 6.16. The number of rotatable bonds is 7. The van der Waals surface area contributed by atoms with E-state index in [-0.39, 0.29) is 11.8 Å². The Morgan fingerprint density at radius 3 is 2.67 bits per heavy atom. The van der Waals surface area contributed by atoms with Gasteiger partial charge < -0.3 is 15.6 Å². The first-order chi connectivity index (χ1) is 8.63. The van der Waals surface area contributed by atoms with Crippen LogP contribution in [0.5, 0.6) is 5.75 Å². The summed E-state index contributed by atoms with van der Waals surface area (Å²) < 4.78 is 5.21. The Balaban J connectivity index is 2.87. The molecule has 0 aliphatic carbocycles. The summed E-state index contributed by atoms with van der Waals surface area (Å²) in [4.78, 5) is 0. The molecule has 3 heteroatoms. The van der Waals surface area contributed by atoms with Gasteiger partial charge in [0.1, 0.15) is 5.75 Å². The van der Waals surface area contributed by atoms with Crippen LogP contribution in [0.25, 0.3) is 0 Å². The molecule has 0 heterocycles. The maximum absolute atomic E-state index is 10.4. The van der Waals surface area contributed by atoms with Crippen LogP contribution in [0.4, 0.5) is 0 Å². The fourth-order valence-electron chi connectivity index (χ4n) is 2.37. The second-order valence-electron chi connectivity index (χ2n) is 4.88. The first-order valence-electron chi connectivity index (χ1n) is 6.66. The van der Waals surface area contributed by atoms with Crippen LogP contribution in [-0.4, -0.2) is 24.9 Å². The molecule has 3 N–H and O–H groups in total. The second kappa shape index (κ2) is 7.39. The minimum absolute atomic E-state index is 0.0263. The summed E-state index contributed by atoms with van der Waals surface area (Å²) >= 11 is 0. The molecule has 18 heavy (non-hydrogen) atoms. The van der Waals surface area contributed by atoms with Gasteiger partial charge in [0.05, 0.1) is 13.2 Å². The zero-order valence-corrected chi connectivity index (χ0v) is 11.6. The minimum Gasteiger partial charge on any atom is -0.497 e. The molecule has 0 spiro atoms. The first kappa shape index (κ1) is 15.0. The number of aliphatic hydroxyl groups excluding tert-OH is 1. The normalized spacial score (nSPS) is 16.1.